The van der Waals surface area contributed by atoms with Gasteiger partial charge in [0.2, 0.25) is 0 Å². The van der Waals surface area contributed by atoms with Crippen LogP contribution in [0.25, 0.3) is 0 Å². The molecule has 0 unspecified atom stereocenters. The van der Waals surface area contributed by atoms with Gasteiger partial charge in [0.25, 0.3) is 0 Å². The molecule has 0 aliphatic carbocycles. The van der Waals surface area contributed by atoms with E-state index in [4.69, 9.17) is 16.6 Å². The highest BCUT2D eigenvalue weighted by molar-refractivity contribution is 6.00. The number of aromatic carboxylic acids is 1. The smallest absolute Gasteiger partial charge is 0.339 e. The van der Waals surface area contributed by atoms with Gasteiger partial charge in [-0.15, -0.1) is 0 Å². The fourth-order valence-electron chi connectivity index (χ4n) is 1.58. The molecule has 0 spiro atoms. The third-order valence-corrected chi connectivity index (χ3v) is 2.49. The normalized spacial score (nSPS) is 10.2. The van der Waals surface area contributed by atoms with E-state index in [9.17, 15) is 4.79 Å². The van der Waals surface area contributed by atoms with Crippen molar-refractivity contribution in [2.75, 3.05) is 23.3 Å². The van der Waals surface area contributed by atoms with Crippen LogP contribution in [0.15, 0.2) is 0 Å². The van der Waals surface area contributed by atoms with E-state index < -0.39 is 5.97 Å². The maximum absolute atomic E-state index is 11.2. The number of carboxylic acid groups (broad SMARTS) is 1. The molecule has 0 fully saturated rings. The Morgan fingerprint density at radius 1 is 1.47 bits per heavy atom. The standard InChI is InChI=1S/C11H18N4O2/c1-3-4-5-14-9-7(11(16)17)6(2)15-10(13)8(9)12/h3-5,12H2,1-2H3,(H,16,17)(H3,13,14,15). The van der Waals surface area contributed by atoms with Crippen molar-refractivity contribution in [3.8, 4) is 0 Å². The number of nitrogens with zero attached hydrogens (tertiary/aromatic N) is 1. The first kappa shape index (κ1) is 13.1. The van der Waals surface area contributed by atoms with Gasteiger partial charge in [-0.2, -0.15) is 0 Å². The lowest BCUT2D eigenvalue weighted by molar-refractivity contribution is 0.0696. The lowest BCUT2D eigenvalue weighted by Gasteiger charge is -2.15. The van der Waals surface area contributed by atoms with Crippen LogP contribution in [0, 0.1) is 6.92 Å². The van der Waals surface area contributed by atoms with Gasteiger partial charge in [-0.25, -0.2) is 9.78 Å². The van der Waals surface area contributed by atoms with Crippen LogP contribution in [-0.2, 0) is 0 Å². The van der Waals surface area contributed by atoms with E-state index in [2.05, 4.69) is 17.2 Å². The molecule has 0 aliphatic rings. The van der Waals surface area contributed by atoms with Crippen LogP contribution >= 0.6 is 0 Å². The Morgan fingerprint density at radius 3 is 2.65 bits per heavy atom. The highest BCUT2D eigenvalue weighted by Crippen LogP contribution is 2.29. The van der Waals surface area contributed by atoms with Crippen LogP contribution in [0.5, 0.6) is 0 Å². The average molecular weight is 238 g/mol. The summed E-state index contributed by atoms with van der Waals surface area (Å²) in [5, 5.41) is 12.2. The topological polar surface area (TPSA) is 114 Å². The molecule has 1 aromatic heterocycles. The molecular weight excluding hydrogens is 220 g/mol. The number of carboxylic acids is 1. The third kappa shape index (κ3) is 2.77. The lowest BCUT2D eigenvalue weighted by atomic mass is 10.1. The quantitative estimate of drug-likeness (QED) is 0.577. The summed E-state index contributed by atoms with van der Waals surface area (Å²) in [6.45, 7) is 4.31. The van der Waals surface area contributed by atoms with Crippen molar-refractivity contribution in [2.24, 2.45) is 0 Å². The van der Waals surface area contributed by atoms with E-state index in [0.717, 1.165) is 12.8 Å². The second-order valence-corrected chi connectivity index (χ2v) is 3.83. The van der Waals surface area contributed by atoms with Gasteiger partial charge in [-0.05, 0) is 13.3 Å². The number of hydrogen-bond acceptors (Lipinski definition) is 5. The van der Waals surface area contributed by atoms with Crippen molar-refractivity contribution in [1.29, 1.82) is 0 Å². The molecule has 0 radical (unpaired) electrons. The van der Waals surface area contributed by atoms with E-state index in [1.54, 1.807) is 6.92 Å². The number of nitrogens with one attached hydrogen (secondary N) is 1. The molecule has 6 nitrogen and oxygen atoms in total. The molecule has 6 N–H and O–H groups in total. The molecular formula is C11H18N4O2. The number of hydrogen-bond donors (Lipinski definition) is 4. The Kier molecular flexibility index (Phi) is 4.14. The zero-order valence-electron chi connectivity index (χ0n) is 10.1. The van der Waals surface area contributed by atoms with Crippen molar-refractivity contribution in [1.82, 2.24) is 4.98 Å². The Hall–Kier alpha value is -1.98. The molecule has 1 rings (SSSR count). The Bertz CT molecular complexity index is 432. The molecule has 0 aromatic carbocycles. The summed E-state index contributed by atoms with van der Waals surface area (Å²) in [6.07, 6.45) is 1.94. The number of anilines is 3. The van der Waals surface area contributed by atoms with Gasteiger partial charge in [-0.3, -0.25) is 0 Å². The SMILES string of the molecule is CCCCNc1c(N)c(N)nc(C)c1C(=O)O. The van der Waals surface area contributed by atoms with Crippen LogP contribution in [0.2, 0.25) is 0 Å². The zero-order chi connectivity index (χ0) is 13.0. The minimum Gasteiger partial charge on any atom is -0.478 e. The van der Waals surface area contributed by atoms with E-state index in [0.29, 0.717) is 17.9 Å². The van der Waals surface area contributed by atoms with Gasteiger partial charge >= 0.3 is 5.97 Å². The summed E-state index contributed by atoms with van der Waals surface area (Å²) in [4.78, 5) is 15.1. The van der Waals surface area contributed by atoms with E-state index in [1.807, 2.05) is 0 Å². The molecule has 0 amide bonds. The summed E-state index contributed by atoms with van der Waals surface area (Å²) in [5.41, 5.74) is 12.4. The minimum atomic E-state index is -1.05. The number of nitrogens with two attached hydrogens (primary N) is 2. The van der Waals surface area contributed by atoms with Crippen LogP contribution in [0.3, 0.4) is 0 Å². The first-order valence-corrected chi connectivity index (χ1v) is 5.51. The third-order valence-electron chi connectivity index (χ3n) is 2.49. The van der Waals surface area contributed by atoms with Crippen molar-refractivity contribution in [3.05, 3.63) is 11.3 Å². The van der Waals surface area contributed by atoms with Crippen molar-refractivity contribution >= 4 is 23.2 Å². The van der Waals surface area contributed by atoms with Crippen LogP contribution in [0.4, 0.5) is 17.2 Å². The largest absolute Gasteiger partial charge is 0.478 e. The van der Waals surface area contributed by atoms with Crippen molar-refractivity contribution in [2.45, 2.75) is 26.7 Å². The molecule has 0 saturated heterocycles. The van der Waals surface area contributed by atoms with Crippen molar-refractivity contribution in [3.63, 3.8) is 0 Å². The molecule has 0 bridgehead atoms. The Labute approximate surface area is 100 Å². The predicted molar refractivity (Wildman–Crippen MR) is 68.2 cm³/mol. The van der Waals surface area contributed by atoms with Gasteiger partial charge in [0.05, 0.1) is 17.1 Å². The average Bonchev–Trinajstić information content (AvgIpc) is 2.24. The first-order chi connectivity index (χ1) is 7.99. The number of carbonyl (C=O) groups is 1. The summed E-state index contributed by atoms with van der Waals surface area (Å²) in [6, 6.07) is 0. The number of unbranched alkanes of at least 4 members (excludes halogenated alkanes) is 1. The van der Waals surface area contributed by atoms with Gasteiger partial charge in [-0.1, -0.05) is 13.3 Å². The fourth-order valence-corrected chi connectivity index (χ4v) is 1.58. The van der Waals surface area contributed by atoms with Gasteiger partial charge in [0.15, 0.2) is 0 Å². The minimum absolute atomic E-state index is 0.0906. The van der Waals surface area contributed by atoms with Crippen LogP contribution in [-0.4, -0.2) is 22.6 Å². The summed E-state index contributed by atoms with van der Waals surface area (Å²) in [5.74, 6) is -0.896. The van der Waals surface area contributed by atoms with Crippen molar-refractivity contribution < 1.29 is 9.90 Å². The van der Waals surface area contributed by atoms with Gasteiger partial charge in [0, 0.05) is 6.54 Å². The van der Waals surface area contributed by atoms with E-state index >= 15 is 0 Å². The molecule has 1 aromatic rings. The number of aryl methyl sites for hydroxylation is 1. The zero-order valence-corrected chi connectivity index (χ0v) is 10.1. The summed E-state index contributed by atoms with van der Waals surface area (Å²) < 4.78 is 0. The van der Waals surface area contributed by atoms with E-state index in [-0.39, 0.29) is 17.1 Å². The summed E-state index contributed by atoms with van der Waals surface area (Å²) >= 11 is 0. The summed E-state index contributed by atoms with van der Waals surface area (Å²) in [7, 11) is 0. The second kappa shape index (κ2) is 5.38. The molecule has 17 heavy (non-hydrogen) atoms. The Morgan fingerprint density at radius 2 is 2.12 bits per heavy atom. The number of rotatable bonds is 5. The Balaban J connectivity index is 3.18. The lowest BCUT2D eigenvalue weighted by Crippen LogP contribution is -2.15. The number of aromatic nitrogens is 1. The maximum atomic E-state index is 11.2. The van der Waals surface area contributed by atoms with Gasteiger partial charge < -0.3 is 21.9 Å². The van der Waals surface area contributed by atoms with Crippen LogP contribution < -0.4 is 16.8 Å². The first-order valence-electron chi connectivity index (χ1n) is 5.51. The monoisotopic (exact) mass is 238 g/mol. The molecule has 0 saturated carbocycles. The van der Waals surface area contributed by atoms with Gasteiger partial charge in [0.1, 0.15) is 11.4 Å². The number of pyridine rings is 1. The molecule has 1 heterocycles. The predicted octanol–water partition coefficient (Wildman–Crippen LogP) is 1.46. The molecule has 0 atom stereocenters. The number of nitrogen functional groups attached to an aromatic ring is 2. The van der Waals surface area contributed by atoms with E-state index in [1.165, 1.54) is 0 Å². The second-order valence-electron chi connectivity index (χ2n) is 3.83. The molecule has 6 heteroatoms. The maximum Gasteiger partial charge on any atom is 0.339 e. The highest BCUT2D eigenvalue weighted by atomic mass is 16.4. The molecule has 0 aliphatic heterocycles. The van der Waals surface area contributed by atoms with Crippen LogP contribution in [0.1, 0.15) is 35.8 Å². The fraction of sp³-hybridized carbons (Fsp3) is 0.455. The highest BCUT2D eigenvalue weighted by Gasteiger charge is 2.19. The molecule has 94 valence electrons.